The summed E-state index contributed by atoms with van der Waals surface area (Å²) in [5, 5.41) is 0. The van der Waals surface area contributed by atoms with Crippen molar-refractivity contribution >= 4 is 27.9 Å². The third kappa shape index (κ3) is 6.89. The molecule has 0 rings (SSSR count). The standard InChI is InChI=1S/C8H17.Na/c1-3-5-7-8-6-4-2;/h5H,3-4,6-8H2,1-2H3;. The van der Waals surface area contributed by atoms with E-state index in [4.69, 9.17) is 0 Å². The topological polar surface area (TPSA) is 0 Å². The van der Waals surface area contributed by atoms with Crippen LogP contribution < -0.4 is 0 Å². The predicted molar refractivity (Wildman–Crippen MR) is 43.9 cm³/mol. The minimum absolute atomic E-state index is 1.09. The zero-order valence-electron chi connectivity index (χ0n) is 7.11. The summed E-state index contributed by atoms with van der Waals surface area (Å²) >= 11 is 1.41. The van der Waals surface area contributed by atoms with Gasteiger partial charge in [-0.1, -0.05) is 0 Å². The van der Waals surface area contributed by atoms with Crippen LogP contribution in [-0.2, 0) is 0 Å². The van der Waals surface area contributed by atoms with Gasteiger partial charge in [-0.15, -0.1) is 0 Å². The summed E-state index contributed by atoms with van der Waals surface area (Å²) in [6.45, 7) is 4.58. The molecular weight excluding hydrogens is 119 g/mol. The van der Waals surface area contributed by atoms with E-state index in [0.717, 1.165) is 3.17 Å². The summed E-state index contributed by atoms with van der Waals surface area (Å²) in [6, 6.07) is 0. The van der Waals surface area contributed by atoms with E-state index < -0.39 is 0 Å². The molecule has 0 aromatic heterocycles. The van der Waals surface area contributed by atoms with Gasteiger partial charge in [-0.25, -0.2) is 0 Å². The van der Waals surface area contributed by atoms with E-state index in [1.807, 2.05) is 0 Å². The first-order valence-electron chi connectivity index (χ1n) is 4.31. The van der Waals surface area contributed by atoms with E-state index in [1.54, 1.807) is 0 Å². The fraction of sp³-hybridized carbons (Fsp3) is 1.00. The second kappa shape index (κ2) is 7.11. The molecule has 0 aliphatic heterocycles. The Morgan fingerprint density at radius 1 is 1.22 bits per heavy atom. The molecule has 0 aliphatic rings. The number of hydrogen-bond donors (Lipinski definition) is 0. The van der Waals surface area contributed by atoms with Crippen LogP contribution >= 0.6 is 0 Å². The van der Waals surface area contributed by atoms with Gasteiger partial charge in [-0.3, -0.25) is 0 Å². The minimum atomic E-state index is 1.09. The molecule has 1 heteroatoms. The van der Waals surface area contributed by atoms with Crippen molar-refractivity contribution in [2.45, 2.75) is 49.1 Å². The van der Waals surface area contributed by atoms with E-state index in [-0.39, 0.29) is 0 Å². The molecule has 0 saturated carbocycles. The molecule has 0 aromatic rings. The van der Waals surface area contributed by atoms with Gasteiger partial charge in [0, 0.05) is 0 Å². The van der Waals surface area contributed by atoms with Gasteiger partial charge in [-0.05, 0) is 0 Å². The molecular formula is C8H17Na. The van der Waals surface area contributed by atoms with Crippen molar-refractivity contribution in [3.8, 4) is 0 Å². The van der Waals surface area contributed by atoms with Crippen LogP contribution in [0.4, 0.5) is 0 Å². The Balaban J connectivity index is 2.88. The Hall–Kier alpha value is 1.00. The third-order valence-corrected chi connectivity index (χ3v) is 3.39. The number of unbranched alkanes of at least 4 members (excludes halogenated alkanes) is 2. The van der Waals surface area contributed by atoms with Crippen molar-refractivity contribution in [1.29, 1.82) is 0 Å². The first kappa shape index (κ1) is 10.0. The average molecular weight is 136 g/mol. The maximum atomic E-state index is 2.31. The van der Waals surface area contributed by atoms with Crippen molar-refractivity contribution < 1.29 is 0 Å². The summed E-state index contributed by atoms with van der Waals surface area (Å²) < 4.78 is 1.09. The van der Waals surface area contributed by atoms with Gasteiger partial charge in [0.25, 0.3) is 0 Å². The molecule has 0 aromatic carbocycles. The summed E-state index contributed by atoms with van der Waals surface area (Å²) in [7, 11) is 0. The van der Waals surface area contributed by atoms with E-state index in [2.05, 4.69) is 13.8 Å². The van der Waals surface area contributed by atoms with E-state index in [1.165, 1.54) is 60.0 Å². The number of rotatable bonds is 5. The van der Waals surface area contributed by atoms with Crippen LogP contribution in [0.5, 0.6) is 0 Å². The molecule has 1 unspecified atom stereocenters. The summed E-state index contributed by atoms with van der Waals surface area (Å²) in [5.41, 5.74) is 0. The van der Waals surface area contributed by atoms with Gasteiger partial charge < -0.3 is 0 Å². The predicted octanol–water partition coefficient (Wildman–Crippen LogP) is 2.93. The summed E-state index contributed by atoms with van der Waals surface area (Å²) in [6.07, 6.45) is 7.20. The molecule has 50 valence electrons. The fourth-order valence-corrected chi connectivity index (χ4v) is 1.36. The molecule has 1 atom stereocenters. The van der Waals surface area contributed by atoms with Gasteiger partial charge in [-0.2, -0.15) is 0 Å². The van der Waals surface area contributed by atoms with Gasteiger partial charge >= 0.3 is 77.0 Å². The van der Waals surface area contributed by atoms with Crippen molar-refractivity contribution in [3.05, 3.63) is 0 Å². The molecule has 0 N–H and O–H groups in total. The van der Waals surface area contributed by atoms with Crippen molar-refractivity contribution in [2.24, 2.45) is 0 Å². The van der Waals surface area contributed by atoms with Crippen molar-refractivity contribution in [1.82, 2.24) is 0 Å². The van der Waals surface area contributed by atoms with Gasteiger partial charge in [0.2, 0.25) is 0 Å². The second-order valence-electron chi connectivity index (χ2n) is 3.01. The normalized spacial score (nSPS) is 13.8. The zero-order chi connectivity index (χ0) is 7.11. The third-order valence-electron chi connectivity index (χ3n) is 2.00. The van der Waals surface area contributed by atoms with Crippen molar-refractivity contribution in [3.63, 3.8) is 0 Å². The van der Waals surface area contributed by atoms with Crippen LogP contribution in [-0.4, -0.2) is 27.9 Å². The molecule has 0 amide bonds. The molecule has 0 spiro atoms. The fourth-order valence-electron chi connectivity index (χ4n) is 0.947. The maximum absolute atomic E-state index is 2.31. The quantitative estimate of drug-likeness (QED) is 0.402. The average Bonchev–Trinajstić information content (AvgIpc) is 1.89. The van der Waals surface area contributed by atoms with E-state index in [9.17, 15) is 0 Å². The molecule has 0 aliphatic carbocycles. The number of hydrogen-bond acceptors (Lipinski definition) is 0. The van der Waals surface area contributed by atoms with Crippen LogP contribution in [0.15, 0.2) is 0 Å². The SMILES string of the molecule is CCCCC[CH]([Na])CC. The summed E-state index contributed by atoms with van der Waals surface area (Å²) in [4.78, 5) is 0. The first-order chi connectivity index (χ1) is 4.31. The van der Waals surface area contributed by atoms with E-state index >= 15 is 0 Å². The molecule has 0 saturated heterocycles. The van der Waals surface area contributed by atoms with Crippen LogP contribution in [0.25, 0.3) is 0 Å². The van der Waals surface area contributed by atoms with Gasteiger partial charge in [0.1, 0.15) is 0 Å². The molecule has 0 radical (unpaired) electrons. The Labute approximate surface area is 76.8 Å². The Bertz CT molecular complexity index is 52.5. The molecule has 0 heterocycles. The second-order valence-corrected chi connectivity index (χ2v) is 4.64. The van der Waals surface area contributed by atoms with Crippen LogP contribution in [0, 0.1) is 0 Å². The summed E-state index contributed by atoms with van der Waals surface area (Å²) in [5.74, 6) is 0. The molecule has 0 fully saturated rings. The molecule has 9 heavy (non-hydrogen) atoms. The Morgan fingerprint density at radius 2 is 1.89 bits per heavy atom. The van der Waals surface area contributed by atoms with Gasteiger partial charge in [0.15, 0.2) is 0 Å². The van der Waals surface area contributed by atoms with Crippen LogP contribution in [0.2, 0.25) is 3.17 Å². The molecule has 0 bridgehead atoms. The van der Waals surface area contributed by atoms with Crippen molar-refractivity contribution in [2.75, 3.05) is 0 Å². The first-order valence-corrected chi connectivity index (χ1v) is 5.46. The zero-order valence-corrected chi connectivity index (χ0v) is 9.11. The van der Waals surface area contributed by atoms with E-state index in [0.29, 0.717) is 0 Å². The Kier molecular flexibility index (Phi) is 7.90. The molecule has 0 nitrogen and oxygen atoms in total. The van der Waals surface area contributed by atoms with Gasteiger partial charge in [0.05, 0.1) is 0 Å². The van der Waals surface area contributed by atoms with Crippen LogP contribution in [0.1, 0.15) is 46.0 Å². The Morgan fingerprint density at radius 3 is 2.33 bits per heavy atom. The monoisotopic (exact) mass is 136 g/mol. The van der Waals surface area contributed by atoms with Crippen LogP contribution in [0.3, 0.4) is 0 Å².